The highest BCUT2D eigenvalue weighted by Crippen LogP contribution is 2.44. The van der Waals surface area contributed by atoms with E-state index in [-0.39, 0.29) is 22.4 Å². The SMILES string of the molecule is COc1ccc(C(=O)N2CCC3(CC2)SCCN3C(=O)c2ccc([N+](=O)[O-])cc2)cc1. The molecule has 162 valence electrons. The van der Waals surface area contributed by atoms with Crippen molar-refractivity contribution in [1.29, 1.82) is 0 Å². The van der Waals surface area contributed by atoms with Crippen LogP contribution in [0.3, 0.4) is 0 Å². The number of carbonyl (C=O) groups is 2. The number of likely N-dealkylation sites (tertiary alicyclic amines) is 1. The molecule has 8 nitrogen and oxygen atoms in total. The van der Waals surface area contributed by atoms with Crippen molar-refractivity contribution in [2.45, 2.75) is 17.7 Å². The third-order valence-corrected chi connectivity index (χ3v) is 7.47. The molecule has 1 spiro atoms. The van der Waals surface area contributed by atoms with Gasteiger partial charge in [-0.3, -0.25) is 19.7 Å². The van der Waals surface area contributed by atoms with E-state index in [1.54, 1.807) is 43.1 Å². The first-order valence-electron chi connectivity index (χ1n) is 10.1. The van der Waals surface area contributed by atoms with E-state index in [2.05, 4.69) is 0 Å². The summed E-state index contributed by atoms with van der Waals surface area (Å²) in [6.07, 6.45) is 1.39. The van der Waals surface area contributed by atoms with Crippen molar-refractivity contribution in [2.24, 2.45) is 0 Å². The van der Waals surface area contributed by atoms with Crippen LogP contribution in [0.15, 0.2) is 48.5 Å². The van der Waals surface area contributed by atoms with Crippen molar-refractivity contribution in [3.63, 3.8) is 0 Å². The first-order chi connectivity index (χ1) is 14.9. The maximum atomic E-state index is 13.1. The Balaban J connectivity index is 1.44. The van der Waals surface area contributed by atoms with E-state index < -0.39 is 4.92 Å². The Hall–Kier alpha value is -3.07. The van der Waals surface area contributed by atoms with Crippen LogP contribution in [-0.2, 0) is 0 Å². The maximum Gasteiger partial charge on any atom is 0.269 e. The highest BCUT2D eigenvalue weighted by Gasteiger charge is 2.47. The molecule has 2 fully saturated rings. The summed E-state index contributed by atoms with van der Waals surface area (Å²) in [6.45, 7) is 1.77. The van der Waals surface area contributed by atoms with Crippen LogP contribution >= 0.6 is 11.8 Å². The van der Waals surface area contributed by atoms with E-state index in [0.29, 0.717) is 49.4 Å². The molecule has 0 N–H and O–H groups in total. The van der Waals surface area contributed by atoms with Crippen LogP contribution in [-0.4, -0.2) is 63.9 Å². The average Bonchev–Trinajstić information content (AvgIpc) is 3.21. The molecular formula is C22H23N3O5S. The summed E-state index contributed by atoms with van der Waals surface area (Å²) in [5.41, 5.74) is 1.03. The maximum absolute atomic E-state index is 13.1. The summed E-state index contributed by atoms with van der Waals surface area (Å²) >= 11 is 1.76. The van der Waals surface area contributed by atoms with E-state index in [9.17, 15) is 19.7 Å². The molecule has 0 saturated carbocycles. The molecule has 2 heterocycles. The summed E-state index contributed by atoms with van der Waals surface area (Å²) < 4.78 is 5.15. The number of benzene rings is 2. The quantitative estimate of drug-likeness (QED) is 0.533. The number of nitro benzene ring substituents is 1. The van der Waals surface area contributed by atoms with E-state index in [4.69, 9.17) is 4.74 Å². The molecule has 2 aromatic rings. The van der Waals surface area contributed by atoms with Crippen molar-refractivity contribution in [2.75, 3.05) is 32.5 Å². The molecule has 31 heavy (non-hydrogen) atoms. The smallest absolute Gasteiger partial charge is 0.269 e. The molecule has 2 saturated heterocycles. The number of nitro groups is 1. The molecule has 2 aromatic carbocycles. The largest absolute Gasteiger partial charge is 0.497 e. The third-order valence-electron chi connectivity index (χ3n) is 5.92. The van der Waals surface area contributed by atoms with E-state index >= 15 is 0 Å². The van der Waals surface area contributed by atoms with Crippen LogP contribution in [0, 0.1) is 10.1 Å². The summed E-state index contributed by atoms with van der Waals surface area (Å²) in [5, 5.41) is 10.9. The fourth-order valence-corrected chi connectivity index (χ4v) is 5.62. The Morgan fingerprint density at radius 2 is 1.55 bits per heavy atom. The first-order valence-corrected chi connectivity index (χ1v) is 11.1. The number of thioether (sulfide) groups is 1. The molecule has 0 atom stereocenters. The van der Waals surface area contributed by atoms with Gasteiger partial charge in [-0.1, -0.05) is 0 Å². The lowest BCUT2D eigenvalue weighted by Gasteiger charge is -2.44. The minimum atomic E-state index is -0.475. The number of methoxy groups -OCH3 is 1. The van der Waals surface area contributed by atoms with Crippen LogP contribution in [0.5, 0.6) is 5.75 Å². The van der Waals surface area contributed by atoms with Gasteiger partial charge in [0.1, 0.15) is 5.75 Å². The lowest BCUT2D eigenvalue weighted by atomic mass is 10.00. The Kier molecular flexibility index (Phi) is 5.86. The van der Waals surface area contributed by atoms with Gasteiger partial charge in [0.15, 0.2) is 0 Å². The molecule has 2 aliphatic heterocycles. The highest BCUT2D eigenvalue weighted by atomic mass is 32.2. The van der Waals surface area contributed by atoms with Crippen LogP contribution in [0.25, 0.3) is 0 Å². The zero-order valence-electron chi connectivity index (χ0n) is 17.2. The number of rotatable bonds is 4. The van der Waals surface area contributed by atoms with Gasteiger partial charge in [-0.05, 0) is 49.2 Å². The van der Waals surface area contributed by atoms with Gasteiger partial charge in [0.2, 0.25) is 0 Å². The zero-order valence-corrected chi connectivity index (χ0v) is 18.0. The second kappa shape index (κ2) is 8.58. The van der Waals surface area contributed by atoms with Crippen molar-refractivity contribution < 1.29 is 19.2 Å². The summed E-state index contributed by atoms with van der Waals surface area (Å²) in [6, 6.07) is 12.8. The van der Waals surface area contributed by atoms with Crippen LogP contribution in [0.2, 0.25) is 0 Å². The summed E-state index contributed by atoms with van der Waals surface area (Å²) in [5.74, 6) is 1.41. The predicted octanol–water partition coefficient (Wildman–Crippen LogP) is 3.42. The normalized spacial score (nSPS) is 17.6. The van der Waals surface area contributed by atoms with Crippen molar-refractivity contribution in [3.05, 3.63) is 69.8 Å². The van der Waals surface area contributed by atoms with E-state index in [1.807, 2.05) is 9.80 Å². The third kappa shape index (κ3) is 4.10. The highest BCUT2D eigenvalue weighted by molar-refractivity contribution is 8.00. The minimum Gasteiger partial charge on any atom is -0.497 e. The fraction of sp³-hybridized carbons (Fsp3) is 0.364. The molecular weight excluding hydrogens is 418 g/mol. The molecule has 9 heteroatoms. The Morgan fingerprint density at radius 3 is 2.13 bits per heavy atom. The molecule has 0 aliphatic carbocycles. The first kappa shape index (κ1) is 21.2. The summed E-state index contributed by atoms with van der Waals surface area (Å²) in [4.78, 5) is 39.8. The standard InChI is InChI=1S/C22H23N3O5S/c1-30-19-8-4-16(5-9-19)20(26)23-12-10-22(11-13-23)24(14-15-31-22)21(27)17-2-6-18(7-3-17)25(28)29/h2-9H,10-15H2,1H3. The van der Waals surface area contributed by atoms with Crippen LogP contribution in [0.1, 0.15) is 33.6 Å². The molecule has 0 radical (unpaired) electrons. The molecule has 0 unspecified atom stereocenters. The lowest BCUT2D eigenvalue weighted by molar-refractivity contribution is -0.384. The molecule has 2 aliphatic rings. The number of amides is 2. The Labute approximate surface area is 184 Å². The van der Waals surface area contributed by atoms with Gasteiger partial charge in [0.25, 0.3) is 17.5 Å². The summed E-state index contributed by atoms with van der Waals surface area (Å²) in [7, 11) is 1.59. The number of carbonyl (C=O) groups excluding carboxylic acids is 2. The number of non-ortho nitro benzene ring substituents is 1. The zero-order chi connectivity index (χ0) is 22.0. The van der Waals surface area contributed by atoms with Crippen molar-refractivity contribution in [1.82, 2.24) is 9.80 Å². The van der Waals surface area contributed by atoms with Gasteiger partial charge in [-0.15, -0.1) is 11.8 Å². The van der Waals surface area contributed by atoms with Gasteiger partial charge in [-0.25, -0.2) is 0 Å². The number of hydrogen-bond acceptors (Lipinski definition) is 6. The topological polar surface area (TPSA) is 93.0 Å². The number of hydrogen-bond donors (Lipinski definition) is 0. The number of nitrogens with zero attached hydrogens (tertiary/aromatic N) is 3. The fourth-order valence-electron chi connectivity index (χ4n) is 4.17. The van der Waals surface area contributed by atoms with Gasteiger partial charge in [0, 0.05) is 48.6 Å². The van der Waals surface area contributed by atoms with Gasteiger partial charge in [0.05, 0.1) is 16.9 Å². The van der Waals surface area contributed by atoms with Crippen LogP contribution in [0.4, 0.5) is 5.69 Å². The molecule has 2 amide bonds. The molecule has 4 rings (SSSR count). The van der Waals surface area contributed by atoms with Gasteiger partial charge >= 0.3 is 0 Å². The van der Waals surface area contributed by atoms with Crippen molar-refractivity contribution >= 4 is 29.3 Å². The Morgan fingerprint density at radius 1 is 0.968 bits per heavy atom. The Bertz CT molecular complexity index is 985. The average molecular weight is 442 g/mol. The molecule has 0 bridgehead atoms. The molecule has 0 aromatic heterocycles. The van der Waals surface area contributed by atoms with E-state index in [0.717, 1.165) is 5.75 Å². The monoisotopic (exact) mass is 441 g/mol. The van der Waals surface area contributed by atoms with Gasteiger partial charge in [-0.2, -0.15) is 0 Å². The second-order valence-corrected chi connectivity index (χ2v) is 9.03. The second-order valence-electron chi connectivity index (χ2n) is 7.58. The number of piperidine rings is 1. The minimum absolute atomic E-state index is 0.0197. The predicted molar refractivity (Wildman–Crippen MR) is 117 cm³/mol. The number of ether oxygens (including phenoxy) is 1. The van der Waals surface area contributed by atoms with Crippen molar-refractivity contribution in [3.8, 4) is 5.75 Å². The van der Waals surface area contributed by atoms with E-state index in [1.165, 1.54) is 24.3 Å². The lowest BCUT2D eigenvalue weighted by Crippen LogP contribution is -2.53. The van der Waals surface area contributed by atoms with Crippen LogP contribution < -0.4 is 4.74 Å². The van der Waals surface area contributed by atoms with Gasteiger partial charge < -0.3 is 14.5 Å².